The van der Waals surface area contributed by atoms with Crippen molar-refractivity contribution in [2.75, 3.05) is 0 Å². The minimum absolute atomic E-state index is 0.0604. The Kier molecular flexibility index (Phi) is 4.74. The summed E-state index contributed by atoms with van der Waals surface area (Å²) in [6.07, 6.45) is 0. The topological polar surface area (TPSA) is 75.3 Å². The van der Waals surface area contributed by atoms with Gasteiger partial charge in [-0.25, -0.2) is 15.0 Å². The maximum absolute atomic E-state index is 9.44. The van der Waals surface area contributed by atoms with Crippen LogP contribution in [0.4, 0.5) is 0 Å². The maximum Gasteiger partial charge on any atom is 0.226 e. The molecule has 1 aromatic carbocycles. The molecule has 0 radical (unpaired) electrons. The molecule has 9 heteroatoms. The van der Waals surface area contributed by atoms with Crippen LogP contribution >= 0.6 is 46.1 Å². The summed E-state index contributed by atoms with van der Waals surface area (Å²) in [6.45, 7) is 0. The normalized spacial score (nSPS) is 11.9. The highest BCUT2D eigenvalue weighted by atomic mass is 35.5. The van der Waals surface area contributed by atoms with Gasteiger partial charge in [-0.3, -0.25) is 0 Å². The van der Waals surface area contributed by atoms with Gasteiger partial charge in [-0.15, -0.1) is 11.3 Å². The molecular weight excluding hydrogens is 377 g/mol. The van der Waals surface area contributed by atoms with Gasteiger partial charge in [0.25, 0.3) is 0 Å². The van der Waals surface area contributed by atoms with Crippen LogP contribution in [0.25, 0.3) is 11.3 Å². The van der Waals surface area contributed by atoms with Gasteiger partial charge in [0, 0.05) is 16.0 Å². The number of nitriles is 1. The minimum atomic E-state index is -0.765. The smallest absolute Gasteiger partial charge is 0.226 e. The quantitative estimate of drug-likeness (QED) is 0.661. The van der Waals surface area contributed by atoms with E-state index in [4.69, 9.17) is 34.8 Å². The number of thiazole rings is 1. The summed E-state index contributed by atoms with van der Waals surface area (Å²) in [5, 5.41) is 12.4. The number of nitrogens with zero attached hydrogens (tertiary/aromatic N) is 5. The molecule has 0 bridgehead atoms. The molecular formula is C14H6Cl3N5S. The Hall–Kier alpha value is -1.78. The van der Waals surface area contributed by atoms with Crippen LogP contribution in [0.2, 0.25) is 15.6 Å². The molecule has 2 aromatic heterocycles. The SMILES string of the molecule is N#CC(c1nc(Cl)nc(Cl)n1)c1nc(-c2ccc(Cl)cc2)cs1. The van der Waals surface area contributed by atoms with Gasteiger partial charge in [0.2, 0.25) is 10.6 Å². The summed E-state index contributed by atoms with van der Waals surface area (Å²) in [6, 6.07) is 9.40. The molecule has 0 N–H and O–H groups in total. The largest absolute Gasteiger partial charge is 0.239 e. The maximum atomic E-state index is 9.44. The van der Waals surface area contributed by atoms with Crippen LogP contribution in [-0.4, -0.2) is 19.9 Å². The van der Waals surface area contributed by atoms with E-state index in [2.05, 4.69) is 26.0 Å². The predicted molar refractivity (Wildman–Crippen MR) is 89.9 cm³/mol. The molecule has 0 spiro atoms. The van der Waals surface area contributed by atoms with E-state index >= 15 is 0 Å². The minimum Gasteiger partial charge on any atom is -0.239 e. The van der Waals surface area contributed by atoms with Crippen molar-refractivity contribution in [1.29, 1.82) is 5.26 Å². The second kappa shape index (κ2) is 6.77. The van der Waals surface area contributed by atoms with Crippen molar-refractivity contribution >= 4 is 46.1 Å². The first-order chi connectivity index (χ1) is 11.1. The van der Waals surface area contributed by atoms with Gasteiger partial charge in [0.1, 0.15) is 5.01 Å². The van der Waals surface area contributed by atoms with Crippen LogP contribution in [0.5, 0.6) is 0 Å². The van der Waals surface area contributed by atoms with Gasteiger partial charge in [-0.1, -0.05) is 23.7 Å². The molecule has 0 aliphatic heterocycles. The van der Waals surface area contributed by atoms with Crippen molar-refractivity contribution in [3.05, 3.63) is 56.1 Å². The van der Waals surface area contributed by atoms with E-state index in [1.807, 2.05) is 17.5 Å². The number of benzene rings is 1. The highest BCUT2D eigenvalue weighted by Crippen LogP contribution is 2.30. The average molecular weight is 383 g/mol. The Balaban J connectivity index is 1.97. The predicted octanol–water partition coefficient (Wildman–Crippen LogP) is 4.61. The number of halogens is 3. The summed E-state index contributed by atoms with van der Waals surface area (Å²) >= 11 is 18.8. The highest BCUT2D eigenvalue weighted by molar-refractivity contribution is 7.10. The van der Waals surface area contributed by atoms with Gasteiger partial charge in [-0.05, 0) is 35.3 Å². The second-order valence-electron chi connectivity index (χ2n) is 4.37. The molecule has 0 saturated heterocycles. The Morgan fingerprint density at radius 3 is 2.22 bits per heavy atom. The van der Waals surface area contributed by atoms with Crippen LogP contribution in [0.3, 0.4) is 0 Å². The van der Waals surface area contributed by atoms with E-state index < -0.39 is 5.92 Å². The third-order valence-corrected chi connectivity index (χ3v) is 4.39. The van der Waals surface area contributed by atoms with E-state index in [1.165, 1.54) is 11.3 Å². The molecule has 0 aliphatic carbocycles. The molecule has 114 valence electrons. The highest BCUT2D eigenvalue weighted by Gasteiger charge is 2.22. The standard InChI is InChI=1S/C14H6Cl3N5S/c15-8-3-1-7(2-4-8)10-6-23-12(19-10)9(5-18)11-20-13(16)22-14(17)21-11/h1-4,6,9H. The van der Waals surface area contributed by atoms with Gasteiger partial charge in [-0.2, -0.15) is 10.2 Å². The third kappa shape index (κ3) is 3.59. The summed E-state index contributed by atoms with van der Waals surface area (Å²) in [5.74, 6) is -0.589. The Labute approximate surface area is 150 Å². The van der Waals surface area contributed by atoms with Crippen LogP contribution in [0.1, 0.15) is 16.7 Å². The summed E-state index contributed by atoms with van der Waals surface area (Å²) in [7, 11) is 0. The fourth-order valence-electron chi connectivity index (χ4n) is 1.87. The number of aromatic nitrogens is 4. The zero-order valence-corrected chi connectivity index (χ0v) is 14.3. The van der Waals surface area contributed by atoms with Crippen molar-refractivity contribution in [1.82, 2.24) is 19.9 Å². The van der Waals surface area contributed by atoms with Crippen molar-refractivity contribution in [2.45, 2.75) is 5.92 Å². The van der Waals surface area contributed by atoms with Crippen LogP contribution in [0, 0.1) is 11.3 Å². The van der Waals surface area contributed by atoms with Crippen molar-refractivity contribution in [3.8, 4) is 17.3 Å². The summed E-state index contributed by atoms with van der Waals surface area (Å²) in [4.78, 5) is 16.1. The third-order valence-electron chi connectivity index (χ3n) is 2.89. The first-order valence-electron chi connectivity index (χ1n) is 6.25. The molecule has 1 atom stereocenters. The number of rotatable bonds is 3. The van der Waals surface area contributed by atoms with E-state index in [0.717, 1.165) is 11.3 Å². The molecule has 3 rings (SSSR count). The molecule has 0 saturated carbocycles. The van der Waals surface area contributed by atoms with Crippen molar-refractivity contribution in [2.24, 2.45) is 0 Å². The number of hydrogen-bond acceptors (Lipinski definition) is 6. The zero-order valence-electron chi connectivity index (χ0n) is 11.2. The fourth-order valence-corrected chi connectivity index (χ4v) is 3.24. The van der Waals surface area contributed by atoms with E-state index in [-0.39, 0.29) is 16.4 Å². The molecule has 3 aromatic rings. The molecule has 23 heavy (non-hydrogen) atoms. The lowest BCUT2D eigenvalue weighted by atomic mass is 10.1. The lowest BCUT2D eigenvalue weighted by Gasteiger charge is -2.04. The summed E-state index contributed by atoms with van der Waals surface area (Å²) in [5.41, 5.74) is 1.65. The van der Waals surface area contributed by atoms with Crippen molar-refractivity contribution < 1.29 is 0 Å². The van der Waals surface area contributed by atoms with E-state index in [9.17, 15) is 5.26 Å². The average Bonchev–Trinajstić information content (AvgIpc) is 2.97. The van der Waals surface area contributed by atoms with Crippen LogP contribution in [-0.2, 0) is 0 Å². The van der Waals surface area contributed by atoms with Crippen LogP contribution < -0.4 is 0 Å². The van der Waals surface area contributed by atoms with Gasteiger partial charge in [0.15, 0.2) is 11.7 Å². The lowest BCUT2D eigenvalue weighted by molar-refractivity contribution is 0.854. The molecule has 0 amide bonds. The van der Waals surface area contributed by atoms with Crippen molar-refractivity contribution in [3.63, 3.8) is 0 Å². The van der Waals surface area contributed by atoms with Gasteiger partial charge in [0.05, 0.1) is 11.8 Å². The fraction of sp³-hybridized carbons (Fsp3) is 0.0714. The molecule has 0 aliphatic rings. The zero-order chi connectivity index (χ0) is 16.4. The Morgan fingerprint density at radius 2 is 1.61 bits per heavy atom. The van der Waals surface area contributed by atoms with E-state index in [1.54, 1.807) is 12.1 Å². The van der Waals surface area contributed by atoms with Crippen LogP contribution in [0.15, 0.2) is 29.6 Å². The molecule has 1 unspecified atom stereocenters. The Bertz CT molecular complexity index is 868. The lowest BCUT2D eigenvalue weighted by Crippen LogP contribution is -2.06. The van der Waals surface area contributed by atoms with Gasteiger partial charge < -0.3 is 0 Å². The number of hydrogen-bond donors (Lipinski definition) is 0. The Morgan fingerprint density at radius 1 is 0.957 bits per heavy atom. The molecule has 5 nitrogen and oxygen atoms in total. The van der Waals surface area contributed by atoms with Gasteiger partial charge >= 0.3 is 0 Å². The first-order valence-corrected chi connectivity index (χ1v) is 8.26. The van der Waals surface area contributed by atoms with E-state index in [0.29, 0.717) is 10.0 Å². The summed E-state index contributed by atoms with van der Waals surface area (Å²) < 4.78 is 0. The molecule has 0 fully saturated rings. The monoisotopic (exact) mass is 381 g/mol. The first kappa shape index (κ1) is 16.1. The molecule has 2 heterocycles. The second-order valence-corrected chi connectivity index (χ2v) is 6.37.